The topological polar surface area (TPSA) is 20.2 Å². The van der Waals surface area contributed by atoms with Crippen LogP contribution in [0.15, 0.2) is 35.3 Å². The molecule has 1 aromatic carbocycles. The second-order valence-corrected chi connectivity index (χ2v) is 3.64. The molecule has 0 spiro atoms. The van der Waals surface area contributed by atoms with E-state index < -0.39 is 6.10 Å². The minimum absolute atomic E-state index is 0.641. The monoisotopic (exact) mass is 246 g/mol. The van der Waals surface area contributed by atoms with Crippen LogP contribution in [0.5, 0.6) is 0 Å². The first kappa shape index (κ1) is 9.78. The molecule has 1 aromatic rings. The number of hydrogen-bond donors (Lipinski definition) is 1. The van der Waals surface area contributed by atoms with Crippen LogP contribution in [0.3, 0.4) is 0 Å². The summed E-state index contributed by atoms with van der Waals surface area (Å²) in [4.78, 5) is 0. The molecule has 0 bridgehead atoms. The van der Waals surface area contributed by atoms with E-state index in [-0.39, 0.29) is 0 Å². The molecule has 0 saturated carbocycles. The average Bonchev–Trinajstić information content (AvgIpc) is 2.03. The van der Waals surface area contributed by atoms with E-state index in [0.717, 1.165) is 10.0 Å². The lowest BCUT2D eigenvalue weighted by Crippen LogP contribution is -1.93. The van der Waals surface area contributed by atoms with Gasteiger partial charge >= 0.3 is 0 Å². The molecule has 12 heavy (non-hydrogen) atoms. The summed E-state index contributed by atoms with van der Waals surface area (Å²) < 4.78 is 0.794. The van der Waals surface area contributed by atoms with E-state index in [1.807, 2.05) is 0 Å². The van der Waals surface area contributed by atoms with Crippen molar-refractivity contribution in [3.63, 3.8) is 0 Å². The predicted octanol–water partition coefficient (Wildman–Crippen LogP) is 3.32. The molecule has 1 atom stereocenters. The maximum absolute atomic E-state index is 9.41. The molecule has 0 aliphatic rings. The van der Waals surface area contributed by atoms with Crippen molar-refractivity contribution in [3.8, 4) is 0 Å². The number of aliphatic hydroxyl groups excluding tert-OH is 1. The third-order valence-electron chi connectivity index (χ3n) is 1.50. The molecule has 0 radical (unpaired) electrons. The molecule has 1 N–H and O–H groups in total. The van der Waals surface area contributed by atoms with Gasteiger partial charge in [-0.05, 0) is 17.7 Å². The van der Waals surface area contributed by atoms with Crippen LogP contribution in [0.1, 0.15) is 11.7 Å². The third-order valence-corrected chi connectivity index (χ3v) is 2.43. The fourth-order valence-electron chi connectivity index (χ4n) is 0.868. The SMILES string of the molecule is C=C[C@H](O)c1ccc(Cl)cc1Br. The Kier molecular flexibility index (Phi) is 3.32. The zero-order valence-corrected chi connectivity index (χ0v) is 8.64. The molecule has 0 fully saturated rings. The quantitative estimate of drug-likeness (QED) is 0.795. The number of aliphatic hydroxyl groups is 1. The highest BCUT2D eigenvalue weighted by atomic mass is 79.9. The average molecular weight is 248 g/mol. The largest absolute Gasteiger partial charge is 0.384 e. The molecule has 1 nitrogen and oxygen atoms in total. The Morgan fingerprint density at radius 2 is 2.25 bits per heavy atom. The van der Waals surface area contributed by atoms with Crippen molar-refractivity contribution in [1.82, 2.24) is 0 Å². The second-order valence-electron chi connectivity index (χ2n) is 2.35. The Hall–Kier alpha value is -0.310. The van der Waals surface area contributed by atoms with E-state index in [0.29, 0.717) is 5.02 Å². The van der Waals surface area contributed by atoms with Crippen molar-refractivity contribution in [1.29, 1.82) is 0 Å². The van der Waals surface area contributed by atoms with E-state index in [1.54, 1.807) is 18.2 Å². The summed E-state index contributed by atoms with van der Waals surface area (Å²) in [6.07, 6.45) is 0.824. The minimum atomic E-state index is -0.642. The lowest BCUT2D eigenvalue weighted by molar-refractivity contribution is 0.228. The molecule has 0 saturated heterocycles. The first-order valence-corrected chi connectivity index (χ1v) is 4.58. The van der Waals surface area contributed by atoms with Crippen LogP contribution in [0.4, 0.5) is 0 Å². The van der Waals surface area contributed by atoms with Crippen LogP contribution in [0, 0.1) is 0 Å². The van der Waals surface area contributed by atoms with Gasteiger partial charge in [0.25, 0.3) is 0 Å². The van der Waals surface area contributed by atoms with Gasteiger partial charge < -0.3 is 5.11 Å². The van der Waals surface area contributed by atoms with Crippen molar-refractivity contribution >= 4 is 27.5 Å². The lowest BCUT2D eigenvalue weighted by Gasteiger charge is -2.07. The van der Waals surface area contributed by atoms with E-state index in [4.69, 9.17) is 11.6 Å². The van der Waals surface area contributed by atoms with E-state index in [1.165, 1.54) is 6.08 Å². The molecular weight excluding hydrogens is 239 g/mol. The van der Waals surface area contributed by atoms with E-state index in [9.17, 15) is 5.11 Å². The number of rotatable bonds is 2. The van der Waals surface area contributed by atoms with Crippen LogP contribution < -0.4 is 0 Å². The Bertz CT molecular complexity index is 299. The summed E-state index contributed by atoms with van der Waals surface area (Å²) >= 11 is 9.02. The summed E-state index contributed by atoms with van der Waals surface area (Å²) in [5, 5.41) is 10.1. The van der Waals surface area contributed by atoms with Crippen LogP contribution in [0.25, 0.3) is 0 Å². The van der Waals surface area contributed by atoms with Crippen molar-refractivity contribution in [2.24, 2.45) is 0 Å². The van der Waals surface area contributed by atoms with Gasteiger partial charge in [-0.3, -0.25) is 0 Å². The van der Waals surface area contributed by atoms with Crippen LogP contribution in [-0.4, -0.2) is 5.11 Å². The number of benzene rings is 1. The lowest BCUT2D eigenvalue weighted by atomic mass is 10.1. The third kappa shape index (κ3) is 2.09. The van der Waals surface area contributed by atoms with Gasteiger partial charge in [-0.25, -0.2) is 0 Å². The highest BCUT2D eigenvalue weighted by Crippen LogP contribution is 2.26. The highest BCUT2D eigenvalue weighted by Gasteiger charge is 2.06. The zero-order chi connectivity index (χ0) is 9.14. The van der Waals surface area contributed by atoms with E-state index in [2.05, 4.69) is 22.5 Å². The van der Waals surface area contributed by atoms with Crippen molar-refractivity contribution in [2.75, 3.05) is 0 Å². The fourth-order valence-corrected chi connectivity index (χ4v) is 1.79. The van der Waals surface area contributed by atoms with Crippen LogP contribution in [0.2, 0.25) is 5.02 Å². The maximum atomic E-state index is 9.41. The highest BCUT2D eigenvalue weighted by molar-refractivity contribution is 9.10. The van der Waals surface area contributed by atoms with Gasteiger partial charge in [0.05, 0.1) is 6.10 Å². The molecule has 0 unspecified atom stereocenters. The van der Waals surface area contributed by atoms with Gasteiger partial charge in [0, 0.05) is 9.50 Å². The van der Waals surface area contributed by atoms with Crippen LogP contribution in [-0.2, 0) is 0 Å². The molecule has 3 heteroatoms. The van der Waals surface area contributed by atoms with Crippen molar-refractivity contribution < 1.29 is 5.11 Å². The molecule has 0 aliphatic heterocycles. The molecule has 0 aliphatic carbocycles. The van der Waals surface area contributed by atoms with Gasteiger partial charge in [-0.1, -0.05) is 39.7 Å². The van der Waals surface area contributed by atoms with Gasteiger partial charge in [-0.2, -0.15) is 0 Å². The summed E-state index contributed by atoms with van der Waals surface area (Å²) in [5.41, 5.74) is 0.773. The molecule has 0 heterocycles. The van der Waals surface area contributed by atoms with Gasteiger partial charge in [-0.15, -0.1) is 6.58 Å². The summed E-state index contributed by atoms with van der Waals surface area (Å²) in [7, 11) is 0. The van der Waals surface area contributed by atoms with Gasteiger partial charge in [0.1, 0.15) is 0 Å². The van der Waals surface area contributed by atoms with Crippen molar-refractivity contribution in [3.05, 3.63) is 45.9 Å². The summed E-state index contributed by atoms with van der Waals surface area (Å²) in [5.74, 6) is 0. The molecule has 0 aromatic heterocycles. The predicted molar refractivity (Wildman–Crippen MR) is 54.3 cm³/mol. The second kappa shape index (κ2) is 4.08. The first-order chi connectivity index (χ1) is 5.65. The van der Waals surface area contributed by atoms with Crippen LogP contribution >= 0.6 is 27.5 Å². The molecule has 64 valence electrons. The van der Waals surface area contributed by atoms with E-state index >= 15 is 0 Å². The smallest absolute Gasteiger partial charge is 0.0980 e. The Labute approximate surface area is 84.8 Å². The minimum Gasteiger partial charge on any atom is -0.384 e. The first-order valence-electron chi connectivity index (χ1n) is 3.40. The number of hydrogen-bond acceptors (Lipinski definition) is 1. The summed E-state index contributed by atoms with van der Waals surface area (Å²) in [6, 6.07) is 5.23. The number of halogens is 2. The zero-order valence-electron chi connectivity index (χ0n) is 6.30. The van der Waals surface area contributed by atoms with Gasteiger partial charge in [0.2, 0.25) is 0 Å². The summed E-state index contributed by atoms with van der Waals surface area (Å²) in [6.45, 7) is 3.50. The molecular formula is C9H8BrClO. The standard InChI is InChI=1S/C9H8BrClO/c1-2-9(12)7-4-3-6(11)5-8(7)10/h2-5,9,12H,1H2/t9-/m0/s1. The Balaban J connectivity index is 3.09. The maximum Gasteiger partial charge on any atom is 0.0980 e. The Morgan fingerprint density at radius 1 is 1.58 bits per heavy atom. The fraction of sp³-hybridized carbons (Fsp3) is 0.111. The molecule has 1 rings (SSSR count). The molecule has 0 amide bonds. The van der Waals surface area contributed by atoms with Gasteiger partial charge in [0.15, 0.2) is 0 Å². The van der Waals surface area contributed by atoms with Crippen molar-refractivity contribution in [2.45, 2.75) is 6.10 Å². The Morgan fingerprint density at radius 3 is 2.75 bits per heavy atom. The normalized spacial score (nSPS) is 12.6.